The number of piperazine rings is 1. The maximum Gasteiger partial charge on any atom is 0.0488 e. The number of hydrogen-bond acceptors (Lipinski definition) is 3. The van der Waals surface area contributed by atoms with E-state index in [1.165, 1.54) is 19.5 Å². The summed E-state index contributed by atoms with van der Waals surface area (Å²) in [6.45, 7) is 19.8. The van der Waals surface area contributed by atoms with Crippen LogP contribution < -0.4 is 5.32 Å². The molecule has 3 atom stereocenters. The van der Waals surface area contributed by atoms with Crippen molar-refractivity contribution in [2.75, 3.05) is 19.8 Å². The Kier molecular flexibility index (Phi) is 4.03. The number of rotatable bonds is 3. The first-order valence-corrected chi connectivity index (χ1v) is 7.83. The van der Waals surface area contributed by atoms with E-state index in [1.54, 1.807) is 0 Å². The van der Waals surface area contributed by atoms with Crippen LogP contribution in [0, 0.1) is 5.41 Å². The first-order chi connectivity index (χ1) is 8.58. The van der Waals surface area contributed by atoms with Gasteiger partial charge in [0.25, 0.3) is 0 Å². The van der Waals surface area contributed by atoms with Crippen molar-refractivity contribution in [2.24, 2.45) is 5.41 Å². The maximum absolute atomic E-state index is 3.63. The Morgan fingerprint density at radius 2 is 1.68 bits per heavy atom. The molecule has 2 fully saturated rings. The molecule has 1 unspecified atom stereocenters. The molecule has 2 saturated heterocycles. The molecule has 112 valence electrons. The van der Waals surface area contributed by atoms with Crippen molar-refractivity contribution in [3.05, 3.63) is 0 Å². The number of nitrogens with one attached hydrogen (secondary N) is 1. The Balaban J connectivity index is 1.87. The second kappa shape index (κ2) is 5.01. The molecule has 0 saturated carbocycles. The van der Waals surface area contributed by atoms with E-state index in [1.807, 2.05) is 0 Å². The molecular formula is C16H33N3. The Morgan fingerprint density at radius 1 is 1.05 bits per heavy atom. The molecule has 0 aromatic heterocycles. The predicted octanol–water partition coefficient (Wildman–Crippen LogP) is 2.53. The van der Waals surface area contributed by atoms with E-state index in [9.17, 15) is 0 Å². The predicted molar refractivity (Wildman–Crippen MR) is 82.3 cm³/mol. The zero-order valence-corrected chi connectivity index (χ0v) is 14.0. The van der Waals surface area contributed by atoms with E-state index in [2.05, 4.69) is 63.6 Å². The molecule has 2 aliphatic heterocycles. The standard InChI is InChI=1S/C16H33N3/c1-12(15(2,3)4)19-10-13-8-14(19)9-18(13)11-17-16(5,6)7/h12-14,17H,8-11H2,1-7H3/t12?,13-,14-/m0/s1. The third-order valence-electron chi connectivity index (χ3n) is 4.96. The highest BCUT2D eigenvalue weighted by Gasteiger charge is 2.46. The number of hydrogen-bond donors (Lipinski definition) is 1. The van der Waals surface area contributed by atoms with Gasteiger partial charge in [-0.3, -0.25) is 15.1 Å². The molecule has 2 bridgehead atoms. The molecule has 3 nitrogen and oxygen atoms in total. The maximum atomic E-state index is 3.63. The highest BCUT2D eigenvalue weighted by atomic mass is 15.4. The molecule has 0 aromatic rings. The molecule has 3 heteroatoms. The number of likely N-dealkylation sites (tertiary alicyclic amines) is 2. The second-order valence-corrected chi connectivity index (χ2v) is 8.64. The average Bonchev–Trinajstić information content (AvgIpc) is 2.81. The van der Waals surface area contributed by atoms with Crippen LogP contribution in [0.1, 0.15) is 54.9 Å². The minimum Gasteiger partial charge on any atom is -0.300 e. The molecular weight excluding hydrogens is 234 g/mol. The number of fused-ring (bicyclic) bond motifs is 2. The van der Waals surface area contributed by atoms with Crippen LogP contribution >= 0.6 is 0 Å². The molecule has 0 aromatic carbocycles. The van der Waals surface area contributed by atoms with E-state index in [4.69, 9.17) is 0 Å². The molecule has 2 rings (SSSR count). The Hall–Kier alpha value is -0.120. The molecule has 19 heavy (non-hydrogen) atoms. The number of nitrogens with zero attached hydrogens (tertiary/aromatic N) is 2. The SMILES string of the molecule is CC(N1C[C@@H]2C[C@H]1CN2CNC(C)(C)C)C(C)(C)C. The van der Waals surface area contributed by atoms with E-state index in [0.29, 0.717) is 11.5 Å². The van der Waals surface area contributed by atoms with Gasteiger partial charge < -0.3 is 0 Å². The van der Waals surface area contributed by atoms with Crippen LogP contribution in [0.5, 0.6) is 0 Å². The molecule has 0 radical (unpaired) electrons. The van der Waals surface area contributed by atoms with Crippen molar-refractivity contribution in [1.29, 1.82) is 0 Å². The van der Waals surface area contributed by atoms with E-state index >= 15 is 0 Å². The van der Waals surface area contributed by atoms with Crippen molar-refractivity contribution < 1.29 is 0 Å². The van der Waals surface area contributed by atoms with Gasteiger partial charge in [-0.2, -0.15) is 0 Å². The molecule has 1 N–H and O–H groups in total. The highest BCUT2D eigenvalue weighted by molar-refractivity contribution is 5.02. The van der Waals surface area contributed by atoms with Crippen LogP contribution in [0.25, 0.3) is 0 Å². The summed E-state index contributed by atoms with van der Waals surface area (Å²) in [5, 5.41) is 3.63. The van der Waals surface area contributed by atoms with Crippen molar-refractivity contribution in [3.8, 4) is 0 Å². The van der Waals surface area contributed by atoms with E-state index in [0.717, 1.165) is 18.8 Å². The lowest BCUT2D eigenvalue weighted by Gasteiger charge is -2.43. The summed E-state index contributed by atoms with van der Waals surface area (Å²) in [6, 6.07) is 2.23. The Bertz CT molecular complexity index is 313. The third-order valence-corrected chi connectivity index (χ3v) is 4.96. The lowest BCUT2D eigenvalue weighted by molar-refractivity contribution is 0.0451. The lowest BCUT2D eigenvalue weighted by Crippen LogP contribution is -2.55. The molecule has 0 spiro atoms. The van der Waals surface area contributed by atoms with Crippen LogP contribution in [0.2, 0.25) is 0 Å². The van der Waals surface area contributed by atoms with Crippen LogP contribution in [0.4, 0.5) is 0 Å². The van der Waals surface area contributed by atoms with Gasteiger partial charge in [0.05, 0.1) is 0 Å². The summed E-state index contributed by atoms with van der Waals surface area (Å²) in [5.41, 5.74) is 0.610. The largest absolute Gasteiger partial charge is 0.300 e. The topological polar surface area (TPSA) is 18.5 Å². The Morgan fingerprint density at radius 3 is 2.11 bits per heavy atom. The smallest absolute Gasteiger partial charge is 0.0488 e. The zero-order chi connectivity index (χ0) is 14.4. The van der Waals surface area contributed by atoms with Gasteiger partial charge in [0.1, 0.15) is 0 Å². The van der Waals surface area contributed by atoms with Crippen molar-refractivity contribution in [2.45, 2.75) is 78.6 Å². The van der Waals surface area contributed by atoms with Crippen molar-refractivity contribution >= 4 is 0 Å². The molecule has 2 heterocycles. The summed E-state index contributed by atoms with van der Waals surface area (Å²) in [4.78, 5) is 5.39. The normalized spacial score (nSPS) is 31.1. The lowest BCUT2D eigenvalue weighted by atomic mass is 9.86. The van der Waals surface area contributed by atoms with Crippen LogP contribution in [-0.4, -0.2) is 53.2 Å². The minimum atomic E-state index is 0.222. The first-order valence-electron chi connectivity index (χ1n) is 7.83. The van der Waals surface area contributed by atoms with Gasteiger partial charge >= 0.3 is 0 Å². The van der Waals surface area contributed by atoms with Gasteiger partial charge in [-0.05, 0) is 39.5 Å². The minimum absolute atomic E-state index is 0.222. The fraction of sp³-hybridized carbons (Fsp3) is 1.00. The van der Waals surface area contributed by atoms with Crippen LogP contribution in [-0.2, 0) is 0 Å². The first kappa shape index (κ1) is 15.3. The summed E-state index contributed by atoms with van der Waals surface area (Å²) >= 11 is 0. The molecule has 2 aliphatic rings. The average molecular weight is 267 g/mol. The van der Waals surface area contributed by atoms with E-state index in [-0.39, 0.29) is 5.54 Å². The van der Waals surface area contributed by atoms with Gasteiger partial charge in [-0.15, -0.1) is 0 Å². The van der Waals surface area contributed by atoms with E-state index < -0.39 is 0 Å². The van der Waals surface area contributed by atoms with Crippen molar-refractivity contribution in [1.82, 2.24) is 15.1 Å². The van der Waals surface area contributed by atoms with Crippen LogP contribution in [0.3, 0.4) is 0 Å². The molecule has 0 aliphatic carbocycles. The summed E-state index contributed by atoms with van der Waals surface area (Å²) in [6.07, 6.45) is 1.37. The van der Waals surface area contributed by atoms with Gasteiger partial charge in [0.15, 0.2) is 0 Å². The third kappa shape index (κ3) is 3.50. The van der Waals surface area contributed by atoms with Crippen molar-refractivity contribution in [3.63, 3.8) is 0 Å². The van der Waals surface area contributed by atoms with Gasteiger partial charge in [0, 0.05) is 43.4 Å². The van der Waals surface area contributed by atoms with Gasteiger partial charge in [0.2, 0.25) is 0 Å². The molecule has 0 amide bonds. The summed E-state index contributed by atoms with van der Waals surface area (Å²) in [5.74, 6) is 0. The zero-order valence-electron chi connectivity index (χ0n) is 14.0. The summed E-state index contributed by atoms with van der Waals surface area (Å²) in [7, 11) is 0. The van der Waals surface area contributed by atoms with Gasteiger partial charge in [-0.25, -0.2) is 0 Å². The summed E-state index contributed by atoms with van der Waals surface area (Å²) < 4.78 is 0. The quantitative estimate of drug-likeness (QED) is 0.848. The fourth-order valence-corrected chi connectivity index (χ4v) is 3.28. The monoisotopic (exact) mass is 267 g/mol. The second-order valence-electron chi connectivity index (χ2n) is 8.64. The fourth-order valence-electron chi connectivity index (χ4n) is 3.28. The Labute approximate surface area is 119 Å². The van der Waals surface area contributed by atoms with Crippen LogP contribution in [0.15, 0.2) is 0 Å². The van der Waals surface area contributed by atoms with Gasteiger partial charge in [-0.1, -0.05) is 20.8 Å². The highest BCUT2D eigenvalue weighted by Crippen LogP contribution is 2.36.